The molecule has 9 heteroatoms. The van der Waals surface area contributed by atoms with Crippen LogP contribution in [-0.2, 0) is 6.54 Å². The maximum absolute atomic E-state index is 14.0. The molecule has 6 nitrogen and oxygen atoms in total. The molecule has 0 unspecified atom stereocenters. The second kappa shape index (κ2) is 8.20. The lowest BCUT2D eigenvalue weighted by atomic mass is 10.1. The maximum Gasteiger partial charge on any atom is 0.276 e. The number of carbonyl (C=O) groups excluding carboxylic acids is 1. The van der Waals surface area contributed by atoms with E-state index in [0.29, 0.717) is 43.3 Å². The zero-order valence-electron chi connectivity index (χ0n) is 15.1. The largest absolute Gasteiger partial charge is 0.336 e. The van der Waals surface area contributed by atoms with Gasteiger partial charge in [-0.25, -0.2) is 8.78 Å². The smallest absolute Gasteiger partial charge is 0.276 e. The van der Waals surface area contributed by atoms with E-state index in [0.717, 1.165) is 12.1 Å². The molecule has 2 aromatic carbocycles. The molecule has 1 heterocycles. The number of benzene rings is 2. The van der Waals surface area contributed by atoms with E-state index < -0.39 is 22.3 Å². The number of nitro groups is 1. The van der Waals surface area contributed by atoms with Gasteiger partial charge in [-0.2, -0.15) is 0 Å². The van der Waals surface area contributed by atoms with Crippen LogP contribution in [0.1, 0.15) is 21.5 Å². The van der Waals surface area contributed by atoms with Gasteiger partial charge in [0.25, 0.3) is 11.6 Å². The van der Waals surface area contributed by atoms with Crippen molar-refractivity contribution in [1.29, 1.82) is 0 Å². The summed E-state index contributed by atoms with van der Waals surface area (Å²) in [5.74, 6) is -1.63. The molecule has 0 radical (unpaired) electrons. The number of hydrogen-bond acceptors (Lipinski definition) is 4. The number of hydrogen-bond donors (Lipinski definition) is 0. The highest BCUT2D eigenvalue weighted by Crippen LogP contribution is 2.25. The fraction of sp³-hybridized carbons (Fsp3) is 0.316. The van der Waals surface area contributed by atoms with Gasteiger partial charge in [-0.3, -0.25) is 19.8 Å². The molecule has 1 aliphatic heterocycles. The molecular weight excluding hydrogens is 392 g/mol. The topological polar surface area (TPSA) is 66.7 Å². The van der Waals surface area contributed by atoms with Crippen LogP contribution in [0.15, 0.2) is 30.3 Å². The van der Waals surface area contributed by atoms with Crippen molar-refractivity contribution in [2.75, 3.05) is 26.2 Å². The monoisotopic (exact) mass is 409 g/mol. The highest BCUT2D eigenvalue weighted by atomic mass is 35.5. The molecule has 1 fully saturated rings. The average Bonchev–Trinajstić information content (AvgIpc) is 2.66. The van der Waals surface area contributed by atoms with E-state index >= 15 is 0 Å². The Morgan fingerprint density at radius 2 is 1.86 bits per heavy atom. The second-order valence-electron chi connectivity index (χ2n) is 6.63. The molecule has 1 aliphatic rings. The fourth-order valence-corrected chi connectivity index (χ4v) is 3.40. The number of carbonyl (C=O) groups is 1. The van der Waals surface area contributed by atoms with Gasteiger partial charge in [-0.1, -0.05) is 17.7 Å². The fourth-order valence-electron chi connectivity index (χ4n) is 3.18. The molecule has 0 aromatic heterocycles. The summed E-state index contributed by atoms with van der Waals surface area (Å²) < 4.78 is 27.9. The van der Waals surface area contributed by atoms with E-state index in [2.05, 4.69) is 0 Å². The average molecular weight is 410 g/mol. The minimum atomic E-state index is -0.787. The number of nitrogens with zero attached hydrogens (tertiary/aromatic N) is 3. The molecule has 0 spiro atoms. The second-order valence-corrected chi connectivity index (χ2v) is 7.04. The van der Waals surface area contributed by atoms with Crippen molar-refractivity contribution < 1.29 is 18.5 Å². The van der Waals surface area contributed by atoms with Crippen LogP contribution in [0, 0.1) is 28.7 Å². The summed E-state index contributed by atoms with van der Waals surface area (Å²) in [4.78, 5) is 26.5. The molecule has 0 aliphatic carbocycles. The van der Waals surface area contributed by atoms with E-state index in [-0.39, 0.29) is 16.9 Å². The normalized spacial score (nSPS) is 14.9. The van der Waals surface area contributed by atoms with E-state index in [1.807, 2.05) is 4.90 Å². The van der Waals surface area contributed by atoms with Gasteiger partial charge >= 0.3 is 0 Å². The zero-order valence-corrected chi connectivity index (χ0v) is 15.9. The lowest BCUT2D eigenvalue weighted by molar-refractivity contribution is -0.385. The summed E-state index contributed by atoms with van der Waals surface area (Å²) in [7, 11) is 0. The molecule has 28 heavy (non-hydrogen) atoms. The molecule has 0 N–H and O–H groups in total. The van der Waals surface area contributed by atoms with Crippen LogP contribution in [0.3, 0.4) is 0 Å². The van der Waals surface area contributed by atoms with Crippen LogP contribution in [0.2, 0.25) is 5.02 Å². The van der Waals surface area contributed by atoms with Crippen LogP contribution >= 0.6 is 11.6 Å². The highest BCUT2D eigenvalue weighted by Gasteiger charge is 2.26. The molecule has 148 valence electrons. The van der Waals surface area contributed by atoms with Crippen molar-refractivity contribution in [3.63, 3.8) is 0 Å². The Hall–Kier alpha value is -2.58. The number of amides is 1. The van der Waals surface area contributed by atoms with Crippen LogP contribution in [0.25, 0.3) is 0 Å². The standard InChI is InChI=1S/C19H18ClF2N3O3/c1-12-17(22)9-13(10-18(12)25(27)28)19(26)24-7-5-23(6-8-24)11-14-15(20)3-2-4-16(14)21/h2-4,9-10H,5-8,11H2,1H3. The summed E-state index contributed by atoms with van der Waals surface area (Å²) >= 11 is 6.05. The Labute approximate surface area is 165 Å². The third kappa shape index (κ3) is 4.13. The molecule has 3 rings (SSSR count). The SMILES string of the molecule is Cc1c(F)cc(C(=O)N2CCN(Cc3c(F)cccc3Cl)CC2)cc1[N+](=O)[O-]. The van der Waals surface area contributed by atoms with Crippen molar-refractivity contribution >= 4 is 23.2 Å². The van der Waals surface area contributed by atoms with Gasteiger partial charge < -0.3 is 4.90 Å². The number of nitro benzene ring substituents is 1. The molecule has 0 atom stereocenters. The van der Waals surface area contributed by atoms with Gasteiger partial charge in [-0.05, 0) is 25.1 Å². The van der Waals surface area contributed by atoms with Crippen molar-refractivity contribution in [2.24, 2.45) is 0 Å². The summed E-state index contributed by atoms with van der Waals surface area (Å²) in [6.07, 6.45) is 0. The minimum absolute atomic E-state index is 0.0552. The predicted octanol–water partition coefficient (Wildman–Crippen LogP) is 3.79. The van der Waals surface area contributed by atoms with Crippen LogP contribution in [0.4, 0.5) is 14.5 Å². The molecule has 1 saturated heterocycles. The number of piperazine rings is 1. The highest BCUT2D eigenvalue weighted by molar-refractivity contribution is 6.31. The quantitative estimate of drug-likeness (QED) is 0.569. The number of rotatable bonds is 4. The first-order valence-corrected chi connectivity index (χ1v) is 9.04. The minimum Gasteiger partial charge on any atom is -0.336 e. The van der Waals surface area contributed by atoms with Crippen molar-refractivity contribution in [3.05, 3.63) is 73.8 Å². The van der Waals surface area contributed by atoms with Crippen molar-refractivity contribution in [2.45, 2.75) is 13.5 Å². The van der Waals surface area contributed by atoms with Gasteiger partial charge in [0.15, 0.2) is 0 Å². The van der Waals surface area contributed by atoms with Crippen LogP contribution < -0.4 is 0 Å². The third-order valence-electron chi connectivity index (χ3n) is 4.86. The molecule has 1 amide bonds. The van der Waals surface area contributed by atoms with Gasteiger partial charge in [-0.15, -0.1) is 0 Å². The molecular formula is C19H18ClF2N3O3. The Bertz CT molecular complexity index is 911. The Balaban J connectivity index is 1.68. The summed E-state index contributed by atoms with van der Waals surface area (Å²) in [5, 5.41) is 11.4. The van der Waals surface area contributed by atoms with Crippen LogP contribution in [-0.4, -0.2) is 46.8 Å². The number of halogens is 3. The predicted molar refractivity (Wildman–Crippen MR) is 100 cm³/mol. The third-order valence-corrected chi connectivity index (χ3v) is 5.22. The van der Waals surface area contributed by atoms with Crippen molar-refractivity contribution in [1.82, 2.24) is 9.80 Å². The van der Waals surface area contributed by atoms with Gasteiger partial charge in [0, 0.05) is 54.9 Å². The van der Waals surface area contributed by atoms with Gasteiger partial charge in [0.2, 0.25) is 0 Å². The lowest BCUT2D eigenvalue weighted by Gasteiger charge is -2.35. The molecule has 0 saturated carbocycles. The van der Waals surface area contributed by atoms with E-state index in [1.165, 1.54) is 24.0 Å². The van der Waals surface area contributed by atoms with E-state index in [1.54, 1.807) is 6.07 Å². The Morgan fingerprint density at radius 1 is 1.18 bits per heavy atom. The lowest BCUT2D eigenvalue weighted by Crippen LogP contribution is -2.48. The van der Waals surface area contributed by atoms with Gasteiger partial charge in [0.05, 0.1) is 10.5 Å². The Morgan fingerprint density at radius 3 is 2.46 bits per heavy atom. The van der Waals surface area contributed by atoms with Crippen LogP contribution in [0.5, 0.6) is 0 Å². The van der Waals surface area contributed by atoms with E-state index in [9.17, 15) is 23.7 Å². The van der Waals surface area contributed by atoms with Gasteiger partial charge in [0.1, 0.15) is 11.6 Å². The first-order chi connectivity index (χ1) is 13.3. The Kier molecular flexibility index (Phi) is 5.90. The van der Waals surface area contributed by atoms with E-state index in [4.69, 9.17) is 11.6 Å². The molecule has 2 aromatic rings. The molecule has 0 bridgehead atoms. The first-order valence-electron chi connectivity index (χ1n) is 8.67. The first kappa shape index (κ1) is 20.2. The maximum atomic E-state index is 14.0. The summed E-state index contributed by atoms with van der Waals surface area (Å²) in [6, 6.07) is 6.64. The van der Waals surface area contributed by atoms with Crippen molar-refractivity contribution in [3.8, 4) is 0 Å². The zero-order chi connectivity index (χ0) is 20.4. The summed E-state index contributed by atoms with van der Waals surface area (Å²) in [5.41, 5.74) is -0.176. The summed E-state index contributed by atoms with van der Waals surface area (Å²) in [6.45, 7) is 3.26.